The van der Waals surface area contributed by atoms with E-state index in [0.29, 0.717) is 11.5 Å². The highest BCUT2D eigenvalue weighted by Gasteiger charge is 2.11. The number of benzene rings is 3. The molecule has 4 aromatic rings. The number of nitrogens with zero attached hydrogens (tertiary/aromatic N) is 3. The van der Waals surface area contributed by atoms with Crippen molar-refractivity contribution < 1.29 is 9.47 Å². The SMILES string of the molecule is COc1ccc(C=Nc2cc(-c3ccc(C)cc3)nn2-c2ccccc2)cc1OC. The number of para-hydroxylation sites is 1. The first-order valence-corrected chi connectivity index (χ1v) is 9.66. The number of aryl methyl sites for hydroxylation is 1. The largest absolute Gasteiger partial charge is 0.493 e. The number of ether oxygens (including phenoxy) is 2. The Bertz CT molecular complexity index is 1160. The molecule has 0 fully saturated rings. The monoisotopic (exact) mass is 397 g/mol. The number of aliphatic imine (C=N–C) groups is 1. The van der Waals surface area contributed by atoms with Gasteiger partial charge in [-0.1, -0.05) is 48.0 Å². The quantitative estimate of drug-likeness (QED) is 0.397. The van der Waals surface area contributed by atoms with Crippen molar-refractivity contribution >= 4 is 12.0 Å². The van der Waals surface area contributed by atoms with E-state index in [4.69, 9.17) is 19.6 Å². The summed E-state index contributed by atoms with van der Waals surface area (Å²) in [4.78, 5) is 4.73. The minimum absolute atomic E-state index is 0.665. The van der Waals surface area contributed by atoms with Crippen molar-refractivity contribution in [2.45, 2.75) is 6.92 Å². The summed E-state index contributed by atoms with van der Waals surface area (Å²) >= 11 is 0. The minimum atomic E-state index is 0.665. The van der Waals surface area contributed by atoms with Crippen molar-refractivity contribution in [2.24, 2.45) is 4.99 Å². The van der Waals surface area contributed by atoms with E-state index in [9.17, 15) is 0 Å². The summed E-state index contributed by atoms with van der Waals surface area (Å²) in [5.74, 6) is 2.09. The highest BCUT2D eigenvalue weighted by molar-refractivity contribution is 5.83. The van der Waals surface area contributed by atoms with Crippen LogP contribution in [0.1, 0.15) is 11.1 Å². The average molecular weight is 397 g/mol. The van der Waals surface area contributed by atoms with Gasteiger partial charge in [-0.05, 0) is 42.8 Å². The van der Waals surface area contributed by atoms with Gasteiger partial charge in [-0.2, -0.15) is 5.10 Å². The maximum atomic E-state index is 5.39. The van der Waals surface area contributed by atoms with Gasteiger partial charge in [0.15, 0.2) is 17.3 Å². The predicted octanol–water partition coefficient (Wildman–Crippen LogP) is 5.62. The molecule has 1 heterocycles. The number of aromatic nitrogens is 2. The van der Waals surface area contributed by atoms with E-state index in [2.05, 4.69) is 31.2 Å². The van der Waals surface area contributed by atoms with Crippen molar-refractivity contribution in [2.75, 3.05) is 14.2 Å². The molecule has 0 bridgehead atoms. The molecule has 3 aromatic carbocycles. The molecule has 0 saturated heterocycles. The third kappa shape index (κ3) is 4.10. The van der Waals surface area contributed by atoms with Gasteiger partial charge in [0.25, 0.3) is 0 Å². The molecule has 4 rings (SSSR count). The van der Waals surface area contributed by atoms with Gasteiger partial charge < -0.3 is 9.47 Å². The average Bonchev–Trinajstić information content (AvgIpc) is 3.22. The maximum Gasteiger partial charge on any atom is 0.161 e. The summed E-state index contributed by atoms with van der Waals surface area (Å²) in [5.41, 5.74) is 5.00. The first-order chi connectivity index (χ1) is 14.7. The molecular weight excluding hydrogens is 374 g/mol. The molecule has 0 spiro atoms. The first-order valence-electron chi connectivity index (χ1n) is 9.66. The van der Waals surface area contributed by atoms with E-state index in [1.807, 2.05) is 59.3 Å². The van der Waals surface area contributed by atoms with Crippen molar-refractivity contribution in [3.8, 4) is 28.4 Å². The zero-order valence-corrected chi connectivity index (χ0v) is 17.2. The molecule has 5 heteroatoms. The number of hydrogen-bond acceptors (Lipinski definition) is 4. The molecule has 0 aliphatic carbocycles. The van der Waals surface area contributed by atoms with E-state index in [1.165, 1.54) is 5.56 Å². The molecule has 5 nitrogen and oxygen atoms in total. The van der Waals surface area contributed by atoms with Crippen LogP contribution in [0.25, 0.3) is 16.9 Å². The van der Waals surface area contributed by atoms with Gasteiger partial charge in [-0.15, -0.1) is 0 Å². The fraction of sp³-hybridized carbons (Fsp3) is 0.120. The van der Waals surface area contributed by atoms with Crippen LogP contribution in [0.3, 0.4) is 0 Å². The Morgan fingerprint density at radius 1 is 0.833 bits per heavy atom. The van der Waals surface area contributed by atoms with E-state index in [0.717, 1.165) is 28.3 Å². The lowest BCUT2D eigenvalue weighted by Crippen LogP contribution is -1.96. The van der Waals surface area contributed by atoms with Crippen molar-refractivity contribution in [3.05, 3.63) is 90.0 Å². The van der Waals surface area contributed by atoms with Crippen LogP contribution in [-0.2, 0) is 0 Å². The molecule has 150 valence electrons. The Morgan fingerprint density at radius 2 is 1.57 bits per heavy atom. The minimum Gasteiger partial charge on any atom is -0.493 e. The van der Waals surface area contributed by atoms with Gasteiger partial charge >= 0.3 is 0 Å². The van der Waals surface area contributed by atoms with Gasteiger partial charge in [0.2, 0.25) is 0 Å². The second kappa shape index (κ2) is 8.66. The summed E-state index contributed by atoms with van der Waals surface area (Å²) < 4.78 is 12.6. The lowest BCUT2D eigenvalue weighted by Gasteiger charge is -2.07. The fourth-order valence-electron chi connectivity index (χ4n) is 3.16. The standard InChI is InChI=1S/C25H23N3O2/c1-18-9-12-20(13-10-18)22-16-25(28(27-22)21-7-5-4-6-8-21)26-17-19-11-14-23(29-2)24(15-19)30-3/h4-17H,1-3H3. The van der Waals surface area contributed by atoms with Gasteiger partial charge in [0.1, 0.15) is 0 Å². The second-order valence-corrected chi connectivity index (χ2v) is 6.87. The Labute approximate surface area is 176 Å². The summed E-state index contributed by atoms with van der Waals surface area (Å²) in [5, 5.41) is 4.81. The van der Waals surface area contributed by atoms with Crippen LogP contribution in [0.4, 0.5) is 5.82 Å². The highest BCUT2D eigenvalue weighted by atomic mass is 16.5. The normalized spacial score (nSPS) is 11.0. The van der Waals surface area contributed by atoms with Crippen LogP contribution < -0.4 is 9.47 Å². The number of methoxy groups -OCH3 is 2. The fourth-order valence-corrected chi connectivity index (χ4v) is 3.16. The zero-order chi connectivity index (χ0) is 20.9. The lowest BCUT2D eigenvalue weighted by atomic mass is 10.1. The Kier molecular flexibility index (Phi) is 5.61. The van der Waals surface area contributed by atoms with Gasteiger partial charge in [0, 0.05) is 17.8 Å². The molecule has 0 radical (unpaired) electrons. The molecule has 0 unspecified atom stereocenters. The van der Waals surface area contributed by atoms with Gasteiger partial charge in [0.05, 0.1) is 25.6 Å². The van der Waals surface area contributed by atoms with Crippen molar-refractivity contribution in [3.63, 3.8) is 0 Å². The molecular formula is C25H23N3O2. The summed E-state index contributed by atoms with van der Waals surface area (Å²) in [7, 11) is 3.24. The molecule has 30 heavy (non-hydrogen) atoms. The molecule has 0 atom stereocenters. The van der Waals surface area contributed by atoms with Crippen LogP contribution in [0.2, 0.25) is 0 Å². The van der Waals surface area contributed by atoms with Gasteiger partial charge in [-0.3, -0.25) is 0 Å². The Balaban J connectivity index is 1.74. The molecule has 0 saturated carbocycles. The van der Waals surface area contributed by atoms with E-state index < -0.39 is 0 Å². The zero-order valence-electron chi connectivity index (χ0n) is 17.2. The maximum absolute atomic E-state index is 5.39. The van der Waals surface area contributed by atoms with Crippen LogP contribution >= 0.6 is 0 Å². The Hall–Kier alpha value is -3.86. The van der Waals surface area contributed by atoms with Crippen LogP contribution in [0.5, 0.6) is 11.5 Å². The van der Waals surface area contributed by atoms with Crippen LogP contribution in [0, 0.1) is 6.92 Å². The van der Waals surface area contributed by atoms with E-state index >= 15 is 0 Å². The smallest absolute Gasteiger partial charge is 0.161 e. The molecule has 0 aliphatic rings. The van der Waals surface area contributed by atoms with Crippen molar-refractivity contribution in [1.29, 1.82) is 0 Å². The van der Waals surface area contributed by atoms with Crippen LogP contribution in [-0.4, -0.2) is 30.2 Å². The number of rotatable bonds is 6. The summed E-state index contributed by atoms with van der Waals surface area (Å²) in [6.07, 6.45) is 1.80. The van der Waals surface area contributed by atoms with Crippen LogP contribution in [0.15, 0.2) is 83.9 Å². The molecule has 1 aromatic heterocycles. The topological polar surface area (TPSA) is 48.6 Å². The summed E-state index contributed by atoms with van der Waals surface area (Å²) in [6.45, 7) is 2.07. The van der Waals surface area contributed by atoms with E-state index in [1.54, 1.807) is 20.4 Å². The second-order valence-electron chi connectivity index (χ2n) is 6.87. The van der Waals surface area contributed by atoms with Crippen molar-refractivity contribution in [1.82, 2.24) is 9.78 Å². The molecule has 0 amide bonds. The first kappa shape index (κ1) is 19.5. The number of hydrogen-bond donors (Lipinski definition) is 0. The highest BCUT2D eigenvalue weighted by Crippen LogP contribution is 2.29. The lowest BCUT2D eigenvalue weighted by molar-refractivity contribution is 0.355. The summed E-state index contributed by atoms with van der Waals surface area (Å²) in [6, 6.07) is 26.0. The third-order valence-corrected chi connectivity index (χ3v) is 4.79. The van der Waals surface area contributed by atoms with Gasteiger partial charge in [-0.25, -0.2) is 9.67 Å². The third-order valence-electron chi connectivity index (χ3n) is 4.79. The van der Waals surface area contributed by atoms with E-state index in [-0.39, 0.29) is 0 Å². The Morgan fingerprint density at radius 3 is 2.27 bits per heavy atom. The predicted molar refractivity (Wildman–Crippen MR) is 121 cm³/mol. The molecule has 0 aliphatic heterocycles. The molecule has 0 N–H and O–H groups in total.